The lowest BCUT2D eigenvalue weighted by atomic mass is 10.0. The molecule has 0 aliphatic carbocycles. The quantitative estimate of drug-likeness (QED) is 0.356. The van der Waals surface area contributed by atoms with E-state index in [4.69, 9.17) is 4.74 Å². The van der Waals surface area contributed by atoms with E-state index >= 15 is 0 Å². The van der Waals surface area contributed by atoms with Crippen LogP contribution < -0.4 is 15.6 Å². The number of rotatable bonds is 7. The summed E-state index contributed by atoms with van der Waals surface area (Å²) in [6.45, 7) is 1.49. The van der Waals surface area contributed by atoms with Gasteiger partial charge in [-0.2, -0.15) is 13.2 Å². The Morgan fingerprint density at radius 3 is 2.27 bits per heavy atom. The zero-order valence-electron chi connectivity index (χ0n) is 21.5. The molecule has 13 heteroatoms. The Hall–Kier alpha value is -4.52. The van der Waals surface area contributed by atoms with E-state index in [1.54, 1.807) is 0 Å². The van der Waals surface area contributed by atoms with E-state index in [2.05, 4.69) is 15.3 Å². The number of hydrogen-bond acceptors (Lipinski definition) is 7. The average molecular weight is 573 g/mol. The first-order valence-corrected chi connectivity index (χ1v) is 13.6. The number of hydrogen-bond donors (Lipinski definition) is 1. The maximum absolute atomic E-state index is 13.5. The minimum atomic E-state index is -4.65. The van der Waals surface area contributed by atoms with Gasteiger partial charge in [-0.05, 0) is 48.9 Å². The Balaban J connectivity index is 1.79. The number of aromatic nitrogens is 3. The van der Waals surface area contributed by atoms with Crippen molar-refractivity contribution in [3.05, 3.63) is 99.7 Å². The molecule has 0 saturated heterocycles. The Morgan fingerprint density at radius 2 is 1.70 bits per heavy atom. The van der Waals surface area contributed by atoms with Crippen molar-refractivity contribution in [3.63, 3.8) is 0 Å². The molecule has 0 bridgehead atoms. The van der Waals surface area contributed by atoms with E-state index in [0.717, 1.165) is 23.0 Å². The zero-order chi connectivity index (χ0) is 29.2. The molecule has 2 heterocycles. The number of carbonyl (C=O) groups excluding carboxylic acids is 1. The molecule has 40 heavy (non-hydrogen) atoms. The van der Waals surface area contributed by atoms with E-state index in [-0.39, 0.29) is 34.4 Å². The molecule has 0 fully saturated rings. The van der Waals surface area contributed by atoms with Gasteiger partial charge in [-0.25, -0.2) is 18.4 Å². The third-order valence-corrected chi connectivity index (χ3v) is 7.18. The van der Waals surface area contributed by atoms with Crippen LogP contribution in [0.25, 0.3) is 16.8 Å². The van der Waals surface area contributed by atoms with E-state index < -0.39 is 33.0 Å². The standard InChI is InChI=1S/C27H23F3N4O5S/c1-16-22(18-14-32-26(39-2)33-15-18)12-23(24(35)31-13-17-7-9-21(10-8-17)40(3,37)38)25(36)34(16)20-6-4-5-19(11-20)27(28,29)30/h4-12,14-15H,13H2,1-3H3,(H,31,35). The van der Waals surface area contributed by atoms with Crippen LogP contribution in [0.2, 0.25) is 0 Å². The van der Waals surface area contributed by atoms with E-state index in [0.29, 0.717) is 16.7 Å². The third kappa shape index (κ3) is 6.04. The molecule has 4 aromatic rings. The van der Waals surface area contributed by atoms with Crippen molar-refractivity contribution in [2.24, 2.45) is 0 Å². The van der Waals surface area contributed by atoms with Gasteiger partial charge in [0.15, 0.2) is 9.84 Å². The molecule has 0 aliphatic heterocycles. The fraction of sp³-hybridized carbons (Fsp3) is 0.185. The number of halogens is 3. The van der Waals surface area contributed by atoms with Gasteiger partial charge in [-0.3, -0.25) is 14.2 Å². The van der Waals surface area contributed by atoms with Crippen molar-refractivity contribution < 1.29 is 31.1 Å². The Morgan fingerprint density at radius 1 is 1.05 bits per heavy atom. The number of methoxy groups -OCH3 is 1. The van der Waals surface area contributed by atoms with Crippen LogP contribution in [0.5, 0.6) is 6.01 Å². The van der Waals surface area contributed by atoms with Gasteiger partial charge in [0, 0.05) is 47.7 Å². The van der Waals surface area contributed by atoms with Gasteiger partial charge in [0.05, 0.1) is 17.6 Å². The molecule has 0 spiro atoms. The van der Waals surface area contributed by atoms with Crippen LogP contribution in [0.4, 0.5) is 13.2 Å². The second-order valence-corrected chi connectivity index (χ2v) is 10.8. The summed E-state index contributed by atoms with van der Waals surface area (Å²) < 4.78 is 69.7. The molecule has 0 atom stereocenters. The van der Waals surface area contributed by atoms with E-state index in [1.807, 2.05) is 0 Å². The van der Waals surface area contributed by atoms with Crippen LogP contribution in [0.1, 0.15) is 27.2 Å². The first-order valence-electron chi connectivity index (χ1n) is 11.7. The summed E-state index contributed by atoms with van der Waals surface area (Å²) in [6, 6.07) is 11.5. The maximum atomic E-state index is 13.5. The van der Waals surface area contributed by atoms with Crippen LogP contribution in [0.15, 0.2) is 76.7 Å². The number of pyridine rings is 1. The minimum absolute atomic E-state index is 0.0409. The highest BCUT2D eigenvalue weighted by Gasteiger charge is 2.31. The second-order valence-electron chi connectivity index (χ2n) is 8.80. The monoisotopic (exact) mass is 572 g/mol. The maximum Gasteiger partial charge on any atom is 0.416 e. The first-order chi connectivity index (χ1) is 18.8. The molecule has 0 unspecified atom stereocenters. The Bertz CT molecular complexity index is 1730. The van der Waals surface area contributed by atoms with Crippen molar-refractivity contribution in [3.8, 4) is 22.8 Å². The summed E-state index contributed by atoms with van der Waals surface area (Å²) in [4.78, 5) is 35.0. The molecule has 2 aromatic carbocycles. The van der Waals surface area contributed by atoms with Gasteiger partial charge in [-0.1, -0.05) is 18.2 Å². The molecule has 1 amide bonds. The minimum Gasteiger partial charge on any atom is -0.467 e. The van der Waals surface area contributed by atoms with Crippen LogP contribution >= 0.6 is 0 Å². The second kappa shape index (κ2) is 10.9. The normalized spacial score (nSPS) is 11.8. The number of nitrogens with zero attached hydrogens (tertiary/aromatic N) is 3. The topological polar surface area (TPSA) is 120 Å². The lowest BCUT2D eigenvalue weighted by Crippen LogP contribution is -2.33. The van der Waals surface area contributed by atoms with Crippen LogP contribution in [-0.4, -0.2) is 42.2 Å². The fourth-order valence-electron chi connectivity index (χ4n) is 3.98. The molecule has 1 N–H and O–H groups in total. The van der Waals surface area contributed by atoms with Gasteiger partial charge >= 0.3 is 12.2 Å². The molecule has 0 saturated carbocycles. The van der Waals surface area contributed by atoms with Crippen molar-refractivity contribution in [2.75, 3.05) is 13.4 Å². The highest BCUT2D eigenvalue weighted by Crippen LogP contribution is 2.31. The van der Waals surface area contributed by atoms with Crippen molar-refractivity contribution in [1.82, 2.24) is 19.9 Å². The van der Waals surface area contributed by atoms with Crippen molar-refractivity contribution >= 4 is 15.7 Å². The summed E-state index contributed by atoms with van der Waals surface area (Å²) >= 11 is 0. The number of nitrogens with one attached hydrogen (secondary N) is 1. The van der Waals surface area contributed by atoms with Crippen molar-refractivity contribution in [1.29, 1.82) is 0 Å². The van der Waals surface area contributed by atoms with Crippen molar-refractivity contribution in [2.45, 2.75) is 24.5 Å². The number of benzene rings is 2. The smallest absolute Gasteiger partial charge is 0.416 e. The van der Waals surface area contributed by atoms with E-state index in [9.17, 15) is 31.2 Å². The fourth-order valence-corrected chi connectivity index (χ4v) is 4.61. The number of carbonyl (C=O) groups is 1. The lowest BCUT2D eigenvalue weighted by molar-refractivity contribution is -0.137. The predicted octanol–water partition coefficient (Wildman–Crippen LogP) is 3.96. The lowest BCUT2D eigenvalue weighted by Gasteiger charge is -2.18. The highest BCUT2D eigenvalue weighted by molar-refractivity contribution is 7.90. The summed E-state index contributed by atoms with van der Waals surface area (Å²) in [5.41, 5.74) is -0.661. The summed E-state index contributed by atoms with van der Waals surface area (Å²) in [5.74, 6) is -0.784. The van der Waals surface area contributed by atoms with Gasteiger partial charge < -0.3 is 10.1 Å². The number of amides is 1. The molecular formula is C27H23F3N4O5S. The molecule has 0 radical (unpaired) electrons. The number of sulfone groups is 1. The SMILES string of the molecule is COc1ncc(-c2cc(C(=O)NCc3ccc(S(C)(=O)=O)cc3)c(=O)n(-c3cccc(C(F)(F)F)c3)c2C)cn1. The third-order valence-electron chi connectivity index (χ3n) is 6.05. The van der Waals surface area contributed by atoms with Crippen LogP contribution in [0.3, 0.4) is 0 Å². The molecule has 2 aromatic heterocycles. The van der Waals surface area contributed by atoms with E-state index in [1.165, 1.54) is 68.9 Å². The van der Waals surface area contributed by atoms with Crippen LogP contribution in [0, 0.1) is 6.92 Å². The van der Waals surface area contributed by atoms with Gasteiger partial charge in [-0.15, -0.1) is 0 Å². The largest absolute Gasteiger partial charge is 0.467 e. The molecule has 208 valence electrons. The van der Waals surface area contributed by atoms with Gasteiger partial charge in [0.1, 0.15) is 5.56 Å². The zero-order valence-corrected chi connectivity index (χ0v) is 22.3. The predicted molar refractivity (Wildman–Crippen MR) is 140 cm³/mol. The van der Waals surface area contributed by atoms with Gasteiger partial charge in [0.25, 0.3) is 11.5 Å². The molecular weight excluding hydrogens is 549 g/mol. The number of ether oxygens (including phenoxy) is 1. The Kier molecular flexibility index (Phi) is 7.78. The highest BCUT2D eigenvalue weighted by atomic mass is 32.2. The molecule has 0 aliphatic rings. The number of alkyl halides is 3. The first kappa shape index (κ1) is 28.5. The molecule has 4 rings (SSSR count). The Labute approximate surface area is 227 Å². The summed E-state index contributed by atoms with van der Waals surface area (Å²) in [5, 5.41) is 2.61. The summed E-state index contributed by atoms with van der Waals surface area (Å²) in [7, 11) is -2.02. The summed E-state index contributed by atoms with van der Waals surface area (Å²) in [6.07, 6.45) is -0.774. The average Bonchev–Trinajstić information content (AvgIpc) is 2.91. The molecule has 9 nitrogen and oxygen atoms in total. The van der Waals surface area contributed by atoms with Crippen LogP contribution in [-0.2, 0) is 22.6 Å². The van der Waals surface area contributed by atoms with Gasteiger partial charge in [0.2, 0.25) is 0 Å².